The molecule has 1 aliphatic rings. The molecule has 12 nitrogen and oxygen atoms in total. The SMILES string of the molecule is CC(C)ON1P(OC(C)C)NPN=P(OC(C)C)(OC(C)C)N(OC(C)C)P1(OC(C)C)(OC(C)C)OC(C)C. The van der Waals surface area contributed by atoms with Crippen molar-refractivity contribution in [2.75, 3.05) is 0 Å². The third-order valence-corrected chi connectivity index (χ3v) is 16.2. The molecule has 2 unspecified atom stereocenters. The number of nitrogens with one attached hydrogen (secondary N) is 1. The Balaban J connectivity index is 4.59. The molecule has 0 spiro atoms. The van der Waals surface area contributed by atoms with Crippen LogP contribution in [0.4, 0.5) is 0 Å². The molecule has 0 saturated carbocycles. The zero-order chi connectivity index (χ0) is 31.1. The second-order valence-corrected chi connectivity index (χ2v) is 20.0. The van der Waals surface area contributed by atoms with E-state index >= 15 is 0 Å². The van der Waals surface area contributed by atoms with Crippen molar-refractivity contribution in [3.63, 3.8) is 0 Å². The van der Waals surface area contributed by atoms with E-state index in [1.165, 1.54) is 0 Å². The molecule has 2 atom stereocenters. The van der Waals surface area contributed by atoms with Crippen LogP contribution in [0.1, 0.15) is 111 Å². The first-order valence-electron chi connectivity index (χ1n) is 14.3. The first kappa shape index (κ1) is 39.1. The van der Waals surface area contributed by atoms with Crippen LogP contribution in [0, 0.1) is 0 Å². The summed E-state index contributed by atoms with van der Waals surface area (Å²) in [6, 6.07) is 0. The van der Waals surface area contributed by atoms with Crippen molar-refractivity contribution in [1.29, 1.82) is 0 Å². The van der Waals surface area contributed by atoms with Gasteiger partial charge in [0.25, 0.3) is 0 Å². The molecule has 0 aromatic heterocycles. The predicted molar refractivity (Wildman–Crippen MR) is 168 cm³/mol. The van der Waals surface area contributed by atoms with Gasteiger partial charge in [0.15, 0.2) is 0 Å². The Labute approximate surface area is 247 Å². The normalized spacial score (nSPS) is 24.0. The molecule has 242 valence electrons. The number of nitrogens with zero attached hydrogens (tertiary/aromatic N) is 3. The van der Waals surface area contributed by atoms with Gasteiger partial charge in [-0.3, -0.25) is 0 Å². The fourth-order valence-corrected chi connectivity index (χ4v) is 17.4. The molecule has 1 N–H and O–H groups in total. The van der Waals surface area contributed by atoms with Crippen LogP contribution < -0.4 is 4.86 Å². The molecule has 1 aliphatic heterocycles. The third kappa shape index (κ3) is 10.3. The van der Waals surface area contributed by atoms with Crippen LogP contribution in [0.2, 0.25) is 0 Å². The van der Waals surface area contributed by atoms with Crippen LogP contribution in [-0.2, 0) is 36.8 Å². The van der Waals surface area contributed by atoms with Crippen LogP contribution >= 0.6 is 32.6 Å². The summed E-state index contributed by atoms with van der Waals surface area (Å²) in [5.41, 5.74) is 0. The predicted octanol–water partition coefficient (Wildman–Crippen LogP) is 9.23. The van der Waals surface area contributed by atoms with Crippen molar-refractivity contribution in [1.82, 2.24) is 14.1 Å². The second kappa shape index (κ2) is 16.4. The van der Waals surface area contributed by atoms with E-state index in [0.29, 0.717) is 0 Å². The maximum absolute atomic E-state index is 7.08. The van der Waals surface area contributed by atoms with Crippen LogP contribution in [0.3, 0.4) is 0 Å². The van der Waals surface area contributed by atoms with Gasteiger partial charge in [0.05, 0.1) is 0 Å². The van der Waals surface area contributed by atoms with E-state index in [0.717, 1.165) is 0 Å². The van der Waals surface area contributed by atoms with E-state index in [1.54, 1.807) is 9.21 Å². The Kier molecular flexibility index (Phi) is 16.0. The molecule has 40 heavy (non-hydrogen) atoms. The van der Waals surface area contributed by atoms with Crippen molar-refractivity contribution >= 4 is 32.6 Å². The topological polar surface area (TPSA) is 105 Å². The average molecular weight is 655 g/mol. The Morgan fingerprint density at radius 3 is 1.35 bits per heavy atom. The monoisotopic (exact) mass is 654 g/mol. The van der Waals surface area contributed by atoms with Crippen molar-refractivity contribution in [2.24, 2.45) is 4.52 Å². The second-order valence-electron chi connectivity index (χ2n) is 11.6. The molecule has 0 bridgehead atoms. The van der Waals surface area contributed by atoms with Crippen molar-refractivity contribution < 1.29 is 36.8 Å². The van der Waals surface area contributed by atoms with Gasteiger partial charge in [-0.2, -0.15) is 0 Å². The summed E-state index contributed by atoms with van der Waals surface area (Å²) in [5, 5.41) is 0. The molecular formula is C24H58N4O8P4. The summed E-state index contributed by atoms with van der Waals surface area (Å²) < 4.78 is 49.4. The minimum atomic E-state index is -5.05. The van der Waals surface area contributed by atoms with Gasteiger partial charge in [-0.15, -0.1) is 0 Å². The first-order valence-corrected chi connectivity index (χ1v) is 19.9. The Bertz CT molecular complexity index is 774. The van der Waals surface area contributed by atoms with Crippen molar-refractivity contribution in [3.8, 4) is 0 Å². The molecule has 16 heteroatoms. The van der Waals surface area contributed by atoms with Gasteiger partial charge >= 0.3 is 248 Å². The van der Waals surface area contributed by atoms with E-state index in [4.69, 9.17) is 41.3 Å². The zero-order valence-electron chi connectivity index (χ0n) is 27.6. The molecular weight excluding hydrogens is 596 g/mol. The average Bonchev–Trinajstić information content (AvgIpc) is 2.71. The quantitative estimate of drug-likeness (QED) is 0.161. The van der Waals surface area contributed by atoms with E-state index in [1.807, 2.05) is 111 Å². The molecule has 1 rings (SSSR count). The molecule has 0 aromatic rings. The van der Waals surface area contributed by atoms with Crippen LogP contribution in [0.25, 0.3) is 0 Å². The van der Waals surface area contributed by atoms with E-state index < -0.39 is 42.0 Å². The Morgan fingerprint density at radius 2 is 1.02 bits per heavy atom. The molecule has 0 saturated heterocycles. The molecule has 1 heterocycles. The van der Waals surface area contributed by atoms with Gasteiger partial charge < -0.3 is 0 Å². The molecule has 0 aromatic carbocycles. The summed E-state index contributed by atoms with van der Waals surface area (Å²) in [6.45, 7) is 30.9. The number of hydrogen-bond donors (Lipinski definition) is 1. The molecule has 0 radical (unpaired) electrons. The fourth-order valence-electron chi connectivity index (χ4n) is 3.60. The maximum atomic E-state index is 7.08. The van der Waals surface area contributed by atoms with Crippen LogP contribution in [-0.4, -0.2) is 58.0 Å². The summed E-state index contributed by atoms with van der Waals surface area (Å²) in [4.78, 5) is 16.9. The Morgan fingerprint density at radius 1 is 0.600 bits per heavy atom. The third-order valence-electron chi connectivity index (χ3n) is 4.06. The van der Waals surface area contributed by atoms with Gasteiger partial charge in [0.2, 0.25) is 0 Å². The van der Waals surface area contributed by atoms with Gasteiger partial charge in [-0.25, -0.2) is 0 Å². The van der Waals surface area contributed by atoms with Crippen molar-refractivity contribution in [2.45, 2.75) is 160 Å². The van der Waals surface area contributed by atoms with Crippen LogP contribution in [0.5, 0.6) is 0 Å². The summed E-state index contributed by atoms with van der Waals surface area (Å²) in [5.74, 6) is 0. The van der Waals surface area contributed by atoms with E-state index in [9.17, 15) is 0 Å². The summed E-state index contributed by atoms with van der Waals surface area (Å²) in [7, 11) is -10.5. The summed E-state index contributed by atoms with van der Waals surface area (Å²) >= 11 is 0. The number of rotatable bonds is 16. The minimum absolute atomic E-state index is 0.168. The summed E-state index contributed by atoms with van der Waals surface area (Å²) in [6.07, 6.45) is -2.65. The molecule has 0 fully saturated rings. The van der Waals surface area contributed by atoms with Crippen molar-refractivity contribution in [3.05, 3.63) is 0 Å². The van der Waals surface area contributed by atoms with Gasteiger partial charge in [-0.05, 0) is 0 Å². The fraction of sp³-hybridized carbons (Fsp3) is 1.00. The van der Waals surface area contributed by atoms with Gasteiger partial charge in [-0.1, -0.05) is 0 Å². The van der Waals surface area contributed by atoms with E-state index in [-0.39, 0.29) is 39.4 Å². The van der Waals surface area contributed by atoms with E-state index in [2.05, 4.69) is 4.86 Å². The van der Waals surface area contributed by atoms with Gasteiger partial charge in [0.1, 0.15) is 0 Å². The molecule has 0 aliphatic carbocycles. The standard InChI is InChI=1S/C24H58N4O8P4/c1-17(2)29-27-38(31-19(5)6)25-37-26-39(32-20(7)8,33-21(9)10)28(30-18(3)4)40(27,34-22(11)12,35-23(13)14)36-24(15)16/h17-25,37H,1-16H3. The number of hydrogen-bond acceptors (Lipinski definition) is 12. The zero-order valence-corrected chi connectivity index (χ0v) is 31.3. The molecule has 0 amide bonds. The van der Waals surface area contributed by atoms with Crippen LogP contribution in [0.15, 0.2) is 4.52 Å². The van der Waals surface area contributed by atoms with Gasteiger partial charge in [0, 0.05) is 0 Å². The first-order chi connectivity index (χ1) is 18.3. The Hall–Kier alpha value is 1.08.